The maximum atomic E-state index is 12.3. The molecule has 2 aromatic rings. The Bertz CT molecular complexity index is 879. The number of benzene rings is 2. The molecule has 1 saturated heterocycles. The smallest absolute Gasteiger partial charge is 0.243 e. The minimum atomic E-state index is -0.206. The highest BCUT2D eigenvalue weighted by Crippen LogP contribution is 2.19. The van der Waals surface area contributed by atoms with Gasteiger partial charge in [0, 0.05) is 37.9 Å². The fourth-order valence-corrected chi connectivity index (χ4v) is 3.55. The molecule has 1 fully saturated rings. The number of hydrogen-bond donors (Lipinski definition) is 1. The molecule has 0 atom stereocenters. The molecule has 7 heteroatoms. The molecule has 3 rings (SSSR count). The van der Waals surface area contributed by atoms with Gasteiger partial charge in [0.2, 0.25) is 11.8 Å². The van der Waals surface area contributed by atoms with Gasteiger partial charge in [-0.15, -0.1) is 0 Å². The van der Waals surface area contributed by atoms with Crippen molar-refractivity contribution in [1.29, 1.82) is 0 Å². The van der Waals surface area contributed by atoms with E-state index >= 15 is 0 Å². The highest BCUT2D eigenvalue weighted by Gasteiger charge is 2.14. The first-order valence-electron chi connectivity index (χ1n) is 11.2. The molecule has 0 unspecified atom stereocenters. The highest BCUT2D eigenvalue weighted by molar-refractivity contribution is 5.94. The second kappa shape index (κ2) is 12.1. The molecular weight excluding hydrogens is 406 g/mol. The van der Waals surface area contributed by atoms with Crippen molar-refractivity contribution < 1.29 is 19.1 Å². The van der Waals surface area contributed by atoms with E-state index in [4.69, 9.17) is 9.47 Å². The Kier molecular flexibility index (Phi) is 8.92. The van der Waals surface area contributed by atoms with Crippen LogP contribution in [0.2, 0.25) is 0 Å². The Labute approximate surface area is 190 Å². The topological polar surface area (TPSA) is 71.1 Å². The average Bonchev–Trinajstić information content (AvgIpc) is 2.79. The van der Waals surface area contributed by atoms with Crippen LogP contribution in [0.25, 0.3) is 0 Å². The van der Waals surface area contributed by atoms with E-state index in [9.17, 15) is 9.59 Å². The summed E-state index contributed by atoms with van der Waals surface area (Å²) in [5.41, 5.74) is 3.00. The Hall–Kier alpha value is -3.06. The van der Waals surface area contributed by atoms with Gasteiger partial charge in [-0.2, -0.15) is 0 Å². The third-order valence-corrected chi connectivity index (χ3v) is 5.38. The first-order chi connectivity index (χ1) is 15.5. The van der Waals surface area contributed by atoms with Gasteiger partial charge >= 0.3 is 0 Å². The van der Waals surface area contributed by atoms with E-state index in [2.05, 4.69) is 10.2 Å². The highest BCUT2D eigenvalue weighted by atomic mass is 16.5. The molecule has 32 heavy (non-hydrogen) atoms. The summed E-state index contributed by atoms with van der Waals surface area (Å²) in [6.07, 6.45) is 1.91. The number of likely N-dealkylation sites (N-methyl/N-ethyl adjacent to an activating group) is 1. The van der Waals surface area contributed by atoms with Crippen LogP contribution in [-0.4, -0.2) is 63.2 Å². The van der Waals surface area contributed by atoms with Gasteiger partial charge in [0.25, 0.3) is 0 Å². The zero-order chi connectivity index (χ0) is 22.8. The number of aryl methyl sites for hydroxylation is 1. The predicted octanol–water partition coefficient (Wildman–Crippen LogP) is 3.48. The van der Waals surface area contributed by atoms with Gasteiger partial charge in [-0.25, -0.2) is 0 Å². The predicted molar refractivity (Wildman–Crippen MR) is 126 cm³/mol. The molecule has 0 saturated carbocycles. The van der Waals surface area contributed by atoms with Gasteiger partial charge in [0.15, 0.2) is 0 Å². The number of nitrogens with zero attached hydrogens (tertiary/aromatic N) is 2. The fraction of sp³-hybridized carbons (Fsp3) is 0.440. The van der Waals surface area contributed by atoms with Crippen molar-refractivity contribution in [1.82, 2.24) is 4.90 Å². The molecule has 0 aromatic heterocycles. The molecule has 7 nitrogen and oxygen atoms in total. The van der Waals surface area contributed by atoms with E-state index in [0.717, 1.165) is 61.8 Å². The summed E-state index contributed by atoms with van der Waals surface area (Å²) in [7, 11) is 1.66. The third-order valence-electron chi connectivity index (χ3n) is 5.38. The second-order valence-corrected chi connectivity index (χ2v) is 8.07. The van der Waals surface area contributed by atoms with E-state index in [1.54, 1.807) is 7.05 Å². The molecule has 0 aliphatic carbocycles. The van der Waals surface area contributed by atoms with Crippen molar-refractivity contribution in [3.63, 3.8) is 0 Å². The number of morpholine rings is 1. The van der Waals surface area contributed by atoms with Crippen LogP contribution >= 0.6 is 0 Å². The largest absolute Gasteiger partial charge is 0.494 e. The summed E-state index contributed by atoms with van der Waals surface area (Å²) in [4.78, 5) is 28.4. The second-order valence-electron chi connectivity index (χ2n) is 8.07. The molecular formula is C25H33N3O4. The fourth-order valence-electron chi connectivity index (χ4n) is 3.55. The number of hydrogen-bond acceptors (Lipinski definition) is 5. The zero-order valence-electron chi connectivity index (χ0n) is 19.0. The van der Waals surface area contributed by atoms with Gasteiger partial charge in [0.05, 0.1) is 26.4 Å². The molecule has 1 heterocycles. The van der Waals surface area contributed by atoms with Crippen molar-refractivity contribution in [2.75, 3.05) is 56.7 Å². The molecule has 0 bridgehead atoms. The normalized spacial score (nSPS) is 13.5. The Morgan fingerprint density at radius 2 is 1.84 bits per heavy atom. The Balaban J connectivity index is 1.33. The number of carbonyl (C=O) groups is 2. The van der Waals surface area contributed by atoms with Crippen LogP contribution in [-0.2, 0) is 14.3 Å². The molecule has 0 spiro atoms. The van der Waals surface area contributed by atoms with Gasteiger partial charge in [-0.1, -0.05) is 12.1 Å². The van der Waals surface area contributed by atoms with E-state index in [1.165, 1.54) is 4.90 Å². The Morgan fingerprint density at radius 3 is 2.56 bits per heavy atom. The minimum Gasteiger partial charge on any atom is -0.494 e. The first-order valence-corrected chi connectivity index (χ1v) is 11.2. The molecule has 1 aliphatic rings. The van der Waals surface area contributed by atoms with Gasteiger partial charge in [-0.3, -0.25) is 9.59 Å². The van der Waals surface area contributed by atoms with Crippen LogP contribution in [0.5, 0.6) is 5.75 Å². The van der Waals surface area contributed by atoms with Crippen molar-refractivity contribution in [2.24, 2.45) is 0 Å². The summed E-state index contributed by atoms with van der Waals surface area (Å²) < 4.78 is 11.1. The number of carbonyl (C=O) groups excluding carboxylic acids is 2. The maximum absolute atomic E-state index is 12.3. The van der Waals surface area contributed by atoms with Gasteiger partial charge in [-0.05, 0) is 61.7 Å². The van der Waals surface area contributed by atoms with Crippen LogP contribution in [0.3, 0.4) is 0 Å². The summed E-state index contributed by atoms with van der Waals surface area (Å²) >= 11 is 0. The van der Waals surface area contributed by atoms with Crippen LogP contribution in [0.15, 0.2) is 48.5 Å². The third kappa shape index (κ3) is 7.57. The summed E-state index contributed by atoms with van der Waals surface area (Å²) in [5.74, 6) is 0.601. The molecule has 172 valence electrons. The molecule has 1 aliphatic heterocycles. The van der Waals surface area contributed by atoms with Crippen molar-refractivity contribution in [3.05, 3.63) is 54.1 Å². The molecule has 2 amide bonds. The lowest BCUT2D eigenvalue weighted by Gasteiger charge is -2.28. The SMILES string of the molecule is Cc1cccc(OCCCCC(=O)N(C)CC(=O)Nc2ccc(N3CCOCC3)cc2)c1. The monoisotopic (exact) mass is 439 g/mol. The number of unbranched alkanes of at least 4 members (excludes halogenated alkanes) is 1. The van der Waals surface area contributed by atoms with Gasteiger partial charge < -0.3 is 24.6 Å². The molecule has 0 radical (unpaired) electrons. The number of ether oxygens (including phenoxy) is 2. The van der Waals surface area contributed by atoms with Crippen LogP contribution < -0.4 is 15.0 Å². The van der Waals surface area contributed by atoms with E-state index in [-0.39, 0.29) is 18.4 Å². The van der Waals surface area contributed by atoms with Crippen LogP contribution in [0.1, 0.15) is 24.8 Å². The Morgan fingerprint density at radius 1 is 1.09 bits per heavy atom. The average molecular weight is 440 g/mol. The minimum absolute atomic E-state index is 0.0316. The van der Waals surface area contributed by atoms with E-state index < -0.39 is 0 Å². The lowest BCUT2D eigenvalue weighted by Crippen LogP contribution is -2.36. The number of rotatable bonds is 10. The lowest BCUT2D eigenvalue weighted by molar-refractivity contribution is -0.133. The van der Waals surface area contributed by atoms with E-state index in [1.807, 2.05) is 55.5 Å². The quantitative estimate of drug-likeness (QED) is 0.574. The summed E-state index contributed by atoms with van der Waals surface area (Å²) in [5, 5.41) is 2.86. The van der Waals surface area contributed by atoms with Crippen LogP contribution in [0, 0.1) is 6.92 Å². The van der Waals surface area contributed by atoms with E-state index in [0.29, 0.717) is 13.0 Å². The lowest BCUT2D eigenvalue weighted by atomic mass is 10.2. The van der Waals surface area contributed by atoms with Crippen molar-refractivity contribution >= 4 is 23.2 Å². The first kappa shape index (κ1) is 23.6. The van der Waals surface area contributed by atoms with Crippen molar-refractivity contribution in [3.8, 4) is 5.75 Å². The standard InChI is InChI=1S/C25H33N3O4/c1-20-6-5-7-23(18-20)32-15-4-3-8-25(30)27(2)19-24(29)26-21-9-11-22(12-10-21)28-13-16-31-17-14-28/h5-7,9-12,18H,3-4,8,13-17,19H2,1-2H3,(H,26,29). The maximum Gasteiger partial charge on any atom is 0.243 e. The molecule has 1 N–H and O–H groups in total. The zero-order valence-corrected chi connectivity index (χ0v) is 19.0. The number of nitrogens with one attached hydrogen (secondary N) is 1. The van der Waals surface area contributed by atoms with Gasteiger partial charge in [0.1, 0.15) is 5.75 Å². The molecule has 2 aromatic carbocycles. The summed E-state index contributed by atoms with van der Waals surface area (Å²) in [6, 6.07) is 15.7. The van der Waals surface area contributed by atoms with Crippen LogP contribution in [0.4, 0.5) is 11.4 Å². The number of amides is 2. The summed E-state index contributed by atoms with van der Waals surface area (Å²) in [6.45, 7) is 5.84. The van der Waals surface area contributed by atoms with Crippen molar-refractivity contribution in [2.45, 2.75) is 26.2 Å². The number of anilines is 2.